The number of aryl methyl sites for hydroxylation is 1. The highest BCUT2D eigenvalue weighted by molar-refractivity contribution is 9.10. The molecule has 3 aromatic rings. The van der Waals surface area contributed by atoms with Crippen molar-refractivity contribution < 1.29 is 4.52 Å². The Kier molecular flexibility index (Phi) is 3.31. The molecule has 0 atom stereocenters. The minimum atomic E-state index is 0.524. The third kappa shape index (κ3) is 2.46. The first-order valence-corrected chi connectivity index (χ1v) is 6.92. The molecule has 3 rings (SSSR count). The average molecular weight is 333 g/mol. The zero-order valence-electron chi connectivity index (χ0n) is 10.9. The molecule has 0 radical (unpaired) electrons. The van der Waals surface area contributed by atoms with E-state index in [9.17, 15) is 0 Å². The molecule has 2 heterocycles. The number of nitrogen functional groups attached to an aromatic ring is 1. The zero-order valence-corrected chi connectivity index (χ0v) is 12.4. The van der Waals surface area contributed by atoms with Gasteiger partial charge < -0.3 is 15.6 Å². The topological polar surface area (TPSA) is 77.0 Å². The van der Waals surface area contributed by atoms with Crippen molar-refractivity contribution in [1.29, 1.82) is 0 Å². The Hall–Kier alpha value is -2.08. The lowest BCUT2D eigenvalue weighted by Crippen LogP contribution is -2.03. The van der Waals surface area contributed by atoms with Gasteiger partial charge in [0.1, 0.15) is 0 Å². The number of benzene rings is 1. The summed E-state index contributed by atoms with van der Waals surface area (Å²) >= 11 is 3.47. The molecule has 0 spiro atoms. The maximum atomic E-state index is 6.02. The Morgan fingerprint density at radius 3 is 2.95 bits per heavy atom. The summed E-state index contributed by atoms with van der Waals surface area (Å²) in [5.41, 5.74) is 9.22. The van der Waals surface area contributed by atoms with Gasteiger partial charge in [-0.15, -0.1) is 0 Å². The Balaban J connectivity index is 1.97. The molecule has 1 aromatic carbocycles. The van der Waals surface area contributed by atoms with Crippen LogP contribution in [0.3, 0.4) is 0 Å². The van der Waals surface area contributed by atoms with E-state index >= 15 is 0 Å². The quantitative estimate of drug-likeness (QED) is 0.767. The molecule has 6 heteroatoms. The summed E-state index contributed by atoms with van der Waals surface area (Å²) in [4.78, 5) is 4.32. The lowest BCUT2D eigenvalue weighted by atomic mass is 10.1. The summed E-state index contributed by atoms with van der Waals surface area (Å²) in [6.07, 6.45) is 1.66. The maximum Gasteiger partial charge on any atom is 0.156 e. The molecule has 0 bridgehead atoms. The van der Waals surface area contributed by atoms with Gasteiger partial charge in [0, 0.05) is 15.9 Å². The average Bonchev–Trinajstić information content (AvgIpc) is 2.83. The van der Waals surface area contributed by atoms with Gasteiger partial charge in [-0.1, -0.05) is 21.1 Å². The summed E-state index contributed by atoms with van der Waals surface area (Å²) in [5, 5.41) is 8.12. The number of anilines is 2. The number of fused-ring (bicyclic) bond motifs is 1. The standard InChI is InChI=1S/C14H13BrN4O/c1-8-4-10(20-19-8)6-18-14-11-5-9(15)2-3-13(11)17-7-12(14)16/h2-5,7H,6,16H2,1H3,(H,17,18). The summed E-state index contributed by atoms with van der Waals surface area (Å²) in [7, 11) is 0. The van der Waals surface area contributed by atoms with Crippen LogP contribution in [-0.2, 0) is 6.54 Å². The Bertz CT molecular complexity index is 764. The first-order valence-electron chi connectivity index (χ1n) is 6.13. The third-order valence-corrected chi connectivity index (χ3v) is 3.47. The predicted molar refractivity (Wildman–Crippen MR) is 82.4 cm³/mol. The minimum Gasteiger partial charge on any atom is -0.396 e. The SMILES string of the molecule is Cc1cc(CNc2c(N)cnc3ccc(Br)cc23)on1. The fraction of sp³-hybridized carbons (Fsp3) is 0.143. The second kappa shape index (κ2) is 5.13. The molecule has 0 saturated carbocycles. The molecule has 0 saturated heterocycles. The van der Waals surface area contributed by atoms with Gasteiger partial charge in [0.15, 0.2) is 5.76 Å². The van der Waals surface area contributed by atoms with Crippen LogP contribution < -0.4 is 11.1 Å². The Morgan fingerprint density at radius 2 is 2.20 bits per heavy atom. The number of aromatic nitrogens is 2. The summed E-state index contributed by atoms with van der Waals surface area (Å²) < 4.78 is 6.17. The van der Waals surface area contributed by atoms with Crippen LogP contribution in [0.2, 0.25) is 0 Å². The number of pyridine rings is 1. The Labute approximate surface area is 124 Å². The lowest BCUT2D eigenvalue weighted by Gasteiger charge is -2.11. The number of hydrogen-bond donors (Lipinski definition) is 2. The molecule has 0 aliphatic carbocycles. The van der Waals surface area contributed by atoms with E-state index in [4.69, 9.17) is 10.3 Å². The minimum absolute atomic E-state index is 0.524. The monoisotopic (exact) mass is 332 g/mol. The highest BCUT2D eigenvalue weighted by Gasteiger charge is 2.08. The van der Waals surface area contributed by atoms with Gasteiger partial charge in [0.25, 0.3) is 0 Å². The van der Waals surface area contributed by atoms with E-state index in [1.807, 2.05) is 31.2 Å². The highest BCUT2D eigenvalue weighted by Crippen LogP contribution is 2.30. The van der Waals surface area contributed by atoms with E-state index in [1.165, 1.54) is 0 Å². The van der Waals surface area contributed by atoms with Crippen molar-refractivity contribution in [2.75, 3.05) is 11.1 Å². The molecule has 102 valence electrons. The van der Waals surface area contributed by atoms with E-state index in [0.29, 0.717) is 12.2 Å². The van der Waals surface area contributed by atoms with E-state index < -0.39 is 0 Å². The number of halogens is 1. The number of nitrogens with one attached hydrogen (secondary N) is 1. The fourth-order valence-corrected chi connectivity index (χ4v) is 2.41. The van der Waals surface area contributed by atoms with Crippen molar-refractivity contribution in [1.82, 2.24) is 10.1 Å². The van der Waals surface area contributed by atoms with Crippen LogP contribution in [0.25, 0.3) is 10.9 Å². The molecule has 20 heavy (non-hydrogen) atoms. The van der Waals surface area contributed by atoms with Crippen LogP contribution in [0.5, 0.6) is 0 Å². The van der Waals surface area contributed by atoms with Gasteiger partial charge in [-0.25, -0.2) is 0 Å². The first kappa shape index (κ1) is 12.9. The second-order valence-electron chi connectivity index (χ2n) is 4.54. The predicted octanol–water partition coefficient (Wildman–Crippen LogP) is 3.49. The van der Waals surface area contributed by atoms with Crippen molar-refractivity contribution in [3.63, 3.8) is 0 Å². The van der Waals surface area contributed by atoms with E-state index in [2.05, 4.69) is 31.4 Å². The van der Waals surface area contributed by atoms with E-state index in [1.54, 1.807) is 6.20 Å². The molecule has 3 N–H and O–H groups in total. The van der Waals surface area contributed by atoms with Crippen molar-refractivity contribution in [3.05, 3.63) is 46.4 Å². The smallest absolute Gasteiger partial charge is 0.156 e. The summed E-state index contributed by atoms with van der Waals surface area (Å²) in [5.74, 6) is 0.766. The van der Waals surface area contributed by atoms with Crippen LogP contribution in [0.1, 0.15) is 11.5 Å². The highest BCUT2D eigenvalue weighted by atomic mass is 79.9. The third-order valence-electron chi connectivity index (χ3n) is 2.98. The number of hydrogen-bond acceptors (Lipinski definition) is 5. The normalized spacial score (nSPS) is 10.9. The van der Waals surface area contributed by atoms with Gasteiger partial charge >= 0.3 is 0 Å². The van der Waals surface area contributed by atoms with Gasteiger partial charge in [-0.3, -0.25) is 4.98 Å². The molecular formula is C14H13BrN4O. The van der Waals surface area contributed by atoms with Gasteiger partial charge in [-0.2, -0.15) is 0 Å². The maximum absolute atomic E-state index is 6.02. The van der Waals surface area contributed by atoms with Crippen LogP contribution in [0.4, 0.5) is 11.4 Å². The second-order valence-corrected chi connectivity index (χ2v) is 5.45. The number of nitrogens with zero attached hydrogens (tertiary/aromatic N) is 2. The van der Waals surface area contributed by atoms with Gasteiger partial charge in [-0.05, 0) is 25.1 Å². The number of rotatable bonds is 3. The van der Waals surface area contributed by atoms with E-state index in [-0.39, 0.29) is 0 Å². The van der Waals surface area contributed by atoms with Crippen molar-refractivity contribution in [3.8, 4) is 0 Å². The van der Waals surface area contributed by atoms with Crippen molar-refractivity contribution >= 4 is 38.2 Å². The lowest BCUT2D eigenvalue weighted by molar-refractivity contribution is 0.384. The molecule has 0 fully saturated rings. The largest absolute Gasteiger partial charge is 0.396 e. The van der Waals surface area contributed by atoms with Gasteiger partial charge in [0.05, 0.1) is 35.3 Å². The first-order chi connectivity index (χ1) is 9.63. The zero-order chi connectivity index (χ0) is 14.1. The molecule has 0 unspecified atom stereocenters. The molecule has 0 aliphatic heterocycles. The summed E-state index contributed by atoms with van der Waals surface area (Å²) in [6.45, 7) is 2.41. The van der Waals surface area contributed by atoms with Crippen LogP contribution in [0.15, 0.2) is 39.5 Å². The molecule has 2 aromatic heterocycles. The fourth-order valence-electron chi connectivity index (χ4n) is 2.05. The molecular weight excluding hydrogens is 320 g/mol. The van der Waals surface area contributed by atoms with Crippen LogP contribution in [0, 0.1) is 6.92 Å². The molecule has 0 amide bonds. The Morgan fingerprint density at radius 1 is 1.35 bits per heavy atom. The van der Waals surface area contributed by atoms with Crippen LogP contribution in [-0.4, -0.2) is 10.1 Å². The van der Waals surface area contributed by atoms with E-state index in [0.717, 1.165) is 32.5 Å². The molecule has 5 nitrogen and oxygen atoms in total. The van der Waals surface area contributed by atoms with Crippen molar-refractivity contribution in [2.45, 2.75) is 13.5 Å². The van der Waals surface area contributed by atoms with Crippen molar-refractivity contribution in [2.24, 2.45) is 0 Å². The summed E-state index contributed by atoms with van der Waals surface area (Å²) in [6, 6.07) is 7.78. The molecule has 0 aliphatic rings. The number of nitrogens with two attached hydrogens (primary N) is 1. The van der Waals surface area contributed by atoms with Gasteiger partial charge in [0.2, 0.25) is 0 Å². The van der Waals surface area contributed by atoms with Crippen LogP contribution >= 0.6 is 15.9 Å².